The SMILES string of the molecule is CCOC(=O)C1CCN(C(=O)CSc2nccn2-c2ccc(C(C)C)cc2)CC1. The molecule has 1 aromatic heterocycles. The highest BCUT2D eigenvalue weighted by Gasteiger charge is 2.28. The summed E-state index contributed by atoms with van der Waals surface area (Å²) in [7, 11) is 0. The number of carbonyl (C=O) groups is 2. The minimum absolute atomic E-state index is 0.0839. The van der Waals surface area contributed by atoms with Gasteiger partial charge in [0, 0.05) is 31.2 Å². The minimum atomic E-state index is -0.139. The quantitative estimate of drug-likeness (QED) is 0.507. The average molecular weight is 416 g/mol. The Morgan fingerprint density at radius 2 is 1.90 bits per heavy atom. The lowest BCUT2D eigenvalue weighted by atomic mass is 9.97. The van der Waals surface area contributed by atoms with Gasteiger partial charge in [0.25, 0.3) is 0 Å². The van der Waals surface area contributed by atoms with E-state index in [1.165, 1.54) is 17.3 Å². The Bertz CT molecular complexity index is 824. The summed E-state index contributed by atoms with van der Waals surface area (Å²) in [6.07, 6.45) is 5.02. The summed E-state index contributed by atoms with van der Waals surface area (Å²) in [6.45, 7) is 7.78. The van der Waals surface area contributed by atoms with E-state index in [1.807, 2.05) is 22.6 Å². The number of thioether (sulfide) groups is 1. The first kappa shape index (κ1) is 21.4. The highest BCUT2D eigenvalue weighted by molar-refractivity contribution is 7.99. The van der Waals surface area contributed by atoms with Crippen LogP contribution in [0.4, 0.5) is 0 Å². The molecule has 0 radical (unpaired) electrons. The molecule has 0 spiro atoms. The molecule has 0 atom stereocenters. The smallest absolute Gasteiger partial charge is 0.309 e. The van der Waals surface area contributed by atoms with Gasteiger partial charge >= 0.3 is 5.97 Å². The van der Waals surface area contributed by atoms with Crippen LogP contribution in [0.25, 0.3) is 5.69 Å². The number of nitrogens with zero attached hydrogens (tertiary/aromatic N) is 3. The maximum atomic E-state index is 12.6. The lowest BCUT2D eigenvalue weighted by molar-refractivity contribution is -0.151. The number of ether oxygens (including phenoxy) is 1. The zero-order valence-corrected chi connectivity index (χ0v) is 18.2. The van der Waals surface area contributed by atoms with Gasteiger partial charge in [0.05, 0.1) is 18.3 Å². The topological polar surface area (TPSA) is 64.4 Å². The Kier molecular flexibility index (Phi) is 7.36. The summed E-state index contributed by atoms with van der Waals surface area (Å²) in [6, 6.07) is 8.44. The van der Waals surface area contributed by atoms with E-state index in [9.17, 15) is 9.59 Å². The summed E-state index contributed by atoms with van der Waals surface area (Å²) in [4.78, 5) is 30.7. The highest BCUT2D eigenvalue weighted by atomic mass is 32.2. The van der Waals surface area contributed by atoms with E-state index < -0.39 is 0 Å². The molecule has 0 N–H and O–H groups in total. The predicted molar refractivity (Wildman–Crippen MR) is 114 cm³/mol. The van der Waals surface area contributed by atoms with Gasteiger partial charge in [-0.2, -0.15) is 0 Å². The van der Waals surface area contributed by atoms with Gasteiger partial charge in [-0.25, -0.2) is 4.98 Å². The van der Waals surface area contributed by atoms with E-state index in [4.69, 9.17) is 4.74 Å². The zero-order chi connectivity index (χ0) is 20.8. The molecule has 6 nitrogen and oxygen atoms in total. The fraction of sp³-hybridized carbons (Fsp3) is 0.500. The number of hydrogen-bond acceptors (Lipinski definition) is 5. The summed E-state index contributed by atoms with van der Waals surface area (Å²) in [5.74, 6) is 0.692. The van der Waals surface area contributed by atoms with Crippen LogP contribution in [0.1, 0.15) is 45.1 Å². The molecule has 156 valence electrons. The first-order chi connectivity index (χ1) is 14.0. The number of aromatic nitrogens is 2. The fourth-order valence-electron chi connectivity index (χ4n) is 3.46. The number of benzene rings is 1. The lowest BCUT2D eigenvalue weighted by Crippen LogP contribution is -2.41. The van der Waals surface area contributed by atoms with E-state index in [2.05, 4.69) is 43.1 Å². The first-order valence-corrected chi connectivity index (χ1v) is 11.2. The Hall–Kier alpha value is -2.28. The van der Waals surface area contributed by atoms with Gasteiger partial charge in [-0.1, -0.05) is 37.7 Å². The third kappa shape index (κ3) is 5.41. The molecule has 1 amide bonds. The van der Waals surface area contributed by atoms with Crippen molar-refractivity contribution in [2.24, 2.45) is 5.92 Å². The second-order valence-corrected chi connectivity index (χ2v) is 8.46. The first-order valence-electron chi connectivity index (χ1n) is 10.2. The molecule has 7 heteroatoms. The van der Waals surface area contributed by atoms with Crippen LogP contribution < -0.4 is 0 Å². The van der Waals surface area contributed by atoms with Crippen molar-refractivity contribution >= 4 is 23.6 Å². The number of amides is 1. The van der Waals surface area contributed by atoms with E-state index in [0.717, 1.165) is 10.8 Å². The van der Waals surface area contributed by atoms with Gasteiger partial charge in [-0.3, -0.25) is 14.2 Å². The summed E-state index contributed by atoms with van der Waals surface area (Å²) >= 11 is 1.45. The van der Waals surface area contributed by atoms with Crippen molar-refractivity contribution in [1.29, 1.82) is 0 Å². The number of carbonyl (C=O) groups excluding carboxylic acids is 2. The van der Waals surface area contributed by atoms with Crippen LogP contribution in [0.2, 0.25) is 0 Å². The summed E-state index contributed by atoms with van der Waals surface area (Å²) in [5, 5.41) is 0.803. The van der Waals surface area contributed by atoms with Gasteiger partial charge < -0.3 is 9.64 Å². The van der Waals surface area contributed by atoms with Crippen LogP contribution in [-0.4, -0.2) is 51.8 Å². The minimum Gasteiger partial charge on any atom is -0.466 e. The second-order valence-electron chi connectivity index (χ2n) is 7.52. The molecule has 1 aliphatic rings. The molecule has 3 rings (SSSR count). The Morgan fingerprint density at radius 3 is 2.52 bits per heavy atom. The average Bonchev–Trinajstić information content (AvgIpc) is 3.21. The highest BCUT2D eigenvalue weighted by Crippen LogP contribution is 2.24. The van der Waals surface area contributed by atoms with Gasteiger partial charge in [0.15, 0.2) is 5.16 Å². The third-order valence-corrected chi connectivity index (χ3v) is 6.19. The summed E-state index contributed by atoms with van der Waals surface area (Å²) in [5.41, 5.74) is 2.33. The van der Waals surface area contributed by atoms with Crippen molar-refractivity contribution in [3.8, 4) is 5.69 Å². The van der Waals surface area contributed by atoms with Crippen LogP contribution in [-0.2, 0) is 14.3 Å². The monoisotopic (exact) mass is 415 g/mol. The third-order valence-electron chi connectivity index (χ3n) is 5.24. The van der Waals surface area contributed by atoms with Crippen LogP contribution in [0.5, 0.6) is 0 Å². The number of esters is 1. The van der Waals surface area contributed by atoms with Crippen LogP contribution in [0.3, 0.4) is 0 Å². The maximum Gasteiger partial charge on any atom is 0.309 e. The molecule has 0 unspecified atom stereocenters. The largest absolute Gasteiger partial charge is 0.466 e. The molecule has 2 aromatic rings. The molecule has 1 fully saturated rings. The van der Waals surface area contributed by atoms with Gasteiger partial charge in [-0.15, -0.1) is 0 Å². The molecule has 1 aliphatic heterocycles. The molecule has 29 heavy (non-hydrogen) atoms. The fourth-order valence-corrected chi connectivity index (χ4v) is 4.33. The number of piperidine rings is 1. The van der Waals surface area contributed by atoms with Crippen molar-refractivity contribution in [2.45, 2.75) is 44.7 Å². The number of imidazole rings is 1. The van der Waals surface area contributed by atoms with Crippen LogP contribution in [0.15, 0.2) is 41.8 Å². The van der Waals surface area contributed by atoms with E-state index in [-0.39, 0.29) is 17.8 Å². The Morgan fingerprint density at radius 1 is 1.21 bits per heavy atom. The van der Waals surface area contributed by atoms with E-state index in [0.29, 0.717) is 44.2 Å². The van der Waals surface area contributed by atoms with Crippen molar-refractivity contribution in [2.75, 3.05) is 25.4 Å². The molecule has 0 saturated carbocycles. The van der Waals surface area contributed by atoms with Crippen LogP contribution >= 0.6 is 11.8 Å². The van der Waals surface area contributed by atoms with Crippen molar-refractivity contribution in [1.82, 2.24) is 14.5 Å². The maximum absolute atomic E-state index is 12.6. The molecule has 1 aromatic carbocycles. The molecule has 0 aliphatic carbocycles. The molecule has 0 bridgehead atoms. The standard InChI is InChI=1S/C22H29N3O3S/c1-4-28-21(27)18-9-12-24(13-10-18)20(26)15-29-22-23-11-14-25(22)19-7-5-17(6-8-19)16(2)3/h5-8,11,14,16,18H,4,9-10,12-13,15H2,1-3H3. The number of rotatable bonds is 7. The van der Waals surface area contributed by atoms with Crippen molar-refractivity contribution in [3.05, 3.63) is 42.2 Å². The van der Waals surface area contributed by atoms with Crippen molar-refractivity contribution in [3.63, 3.8) is 0 Å². The van der Waals surface area contributed by atoms with Crippen LogP contribution in [0, 0.1) is 5.92 Å². The Labute approximate surface area is 176 Å². The lowest BCUT2D eigenvalue weighted by Gasteiger charge is -2.30. The summed E-state index contributed by atoms with van der Waals surface area (Å²) < 4.78 is 7.10. The van der Waals surface area contributed by atoms with Gasteiger partial charge in [0.1, 0.15) is 0 Å². The number of likely N-dealkylation sites (tertiary alicyclic amines) is 1. The number of hydrogen-bond donors (Lipinski definition) is 0. The van der Waals surface area contributed by atoms with E-state index >= 15 is 0 Å². The van der Waals surface area contributed by atoms with Crippen molar-refractivity contribution < 1.29 is 14.3 Å². The zero-order valence-electron chi connectivity index (χ0n) is 17.3. The Balaban J connectivity index is 1.54. The predicted octanol–water partition coefficient (Wildman–Crippen LogP) is 3.89. The second kappa shape index (κ2) is 9.96. The normalized spacial score (nSPS) is 15.0. The molecule has 2 heterocycles. The van der Waals surface area contributed by atoms with Gasteiger partial charge in [-0.05, 0) is 43.4 Å². The molecule has 1 saturated heterocycles. The van der Waals surface area contributed by atoms with Gasteiger partial charge in [0.2, 0.25) is 5.91 Å². The molecular formula is C22H29N3O3S. The van der Waals surface area contributed by atoms with E-state index in [1.54, 1.807) is 6.20 Å². The molecular weight excluding hydrogens is 386 g/mol.